The van der Waals surface area contributed by atoms with Crippen LogP contribution in [-0.2, 0) is 6.18 Å². The van der Waals surface area contributed by atoms with E-state index in [-0.39, 0.29) is 5.69 Å². The molecule has 0 saturated carbocycles. The summed E-state index contributed by atoms with van der Waals surface area (Å²) in [6.45, 7) is 3.65. The molecule has 0 bridgehead atoms. The fourth-order valence-corrected chi connectivity index (χ4v) is 2.57. The van der Waals surface area contributed by atoms with Crippen molar-refractivity contribution in [3.63, 3.8) is 0 Å². The molecule has 10 heteroatoms. The highest BCUT2D eigenvalue weighted by Gasteiger charge is 2.41. The van der Waals surface area contributed by atoms with E-state index in [4.69, 9.17) is 0 Å². The molecule has 0 fully saturated rings. The second-order valence-corrected chi connectivity index (χ2v) is 6.31. The molecule has 0 saturated heterocycles. The summed E-state index contributed by atoms with van der Waals surface area (Å²) < 4.78 is 41.0. The van der Waals surface area contributed by atoms with Gasteiger partial charge in [-0.25, -0.2) is 0 Å². The number of benzene rings is 2. The summed E-state index contributed by atoms with van der Waals surface area (Å²) in [4.78, 5) is 10.8. The number of aryl methyl sites for hydroxylation is 2. The van der Waals surface area contributed by atoms with E-state index in [1.54, 1.807) is 43.3 Å². The third kappa shape index (κ3) is 4.42. The number of hydrogen-bond donors (Lipinski definition) is 1. The lowest BCUT2D eigenvalue weighted by Gasteiger charge is -2.11. The van der Waals surface area contributed by atoms with Gasteiger partial charge in [0.05, 0.1) is 11.1 Å². The first-order chi connectivity index (χ1) is 13.7. The molecule has 0 unspecified atom stereocenters. The molecule has 1 aromatic heterocycles. The molecule has 0 atom stereocenters. The monoisotopic (exact) mass is 403 g/mol. The first-order valence-corrected chi connectivity index (χ1v) is 8.44. The maximum atomic E-state index is 13.5. The largest absolute Gasteiger partial charge is 0.452 e. The van der Waals surface area contributed by atoms with E-state index < -0.39 is 28.4 Å². The van der Waals surface area contributed by atoms with Gasteiger partial charge in [0.15, 0.2) is 0 Å². The van der Waals surface area contributed by atoms with Crippen molar-refractivity contribution in [3.8, 4) is 5.69 Å². The topological polar surface area (TPSA) is 85.9 Å². The summed E-state index contributed by atoms with van der Waals surface area (Å²) >= 11 is 0. The molecule has 0 radical (unpaired) electrons. The zero-order valence-electron chi connectivity index (χ0n) is 15.4. The Morgan fingerprint density at radius 1 is 1.03 bits per heavy atom. The number of nitro groups is 1. The van der Waals surface area contributed by atoms with Crippen LogP contribution in [0.4, 0.5) is 18.9 Å². The van der Waals surface area contributed by atoms with Gasteiger partial charge in [-0.1, -0.05) is 35.4 Å². The van der Waals surface area contributed by atoms with Crippen LogP contribution in [-0.4, -0.2) is 19.7 Å². The molecule has 1 N–H and O–H groups in total. The second-order valence-electron chi connectivity index (χ2n) is 6.31. The summed E-state index contributed by atoms with van der Waals surface area (Å²) in [7, 11) is 0. The molecule has 150 valence electrons. The number of aromatic nitrogens is 3. The number of anilines is 1. The van der Waals surface area contributed by atoms with E-state index in [9.17, 15) is 23.3 Å². The predicted octanol–water partition coefficient (Wildman–Crippen LogP) is 4.59. The Balaban J connectivity index is 2.12. The van der Waals surface area contributed by atoms with Crippen molar-refractivity contribution < 1.29 is 18.1 Å². The SMILES string of the molecule is Cc1ccc(N/C=C(/c2nnc(C(F)(F)F)n2-c2ccc(C)cc2)[N+](=O)[O-])cc1. The average molecular weight is 403 g/mol. The van der Waals surface area contributed by atoms with Crippen LogP contribution in [0.15, 0.2) is 54.7 Å². The minimum absolute atomic E-state index is 0.0611. The standard InChI is InChI=1S/C19H16F3N5O2/c1-12-3-7-14(8-4-12)23-11-16(27(28)29)17-24-25-18(19(20,21)22)26(17)15-9-5-13(2)6-10-15/h3-11,23H,1-2H3/b16-11-. The Hall–Kier alpha value is -3.69. The van der Waals surface area contributed by atoms with Gasteiger partial charge in [0.2, 0.25) is 11.6 Å². The van der Waals surface area contributed by atoms with Crippen molar-refractivity contribution in [1.29, 1.82) is 0 Å². The van der Waals surface area contributed by atoms with Crippen LogP contribution < -0.4 is 5.32 Å². The van der Waals surface area contributed by atoms with Crippen LogP contribution in [0.3, 0.4) is 0 Å². The van der Waals surface area contributed by atoms with Gasteiger partial charge in [0, 0.05) is 11.4 Å². The molecule has 2 aromatic carbocycles. The molecule has 3 aromatic rings. The number of hydrogen-bond acceptors (Lipinski definition) is 5. The summed E-state index contributed by atoms with van der Waals surface area (Å²) in [5, 5.41) is 21.0. The van der Waals surface area contributed by atoms with Crippen LogP contribution >= 0.6 is 0 Å². The lowest BCUT2D eigenvalue weighted by Crippen LogP contribution is -2.16. The Bertz CT molecular complexity index is 1050. The Kier molecular flexibility index (Phi) is 5.35. The Labute approximate surface area is 163 Å². The predicted molar refractivity (Wildman–Crippen MR) is 101 cm³/mol. The molecule has 0 amide bonds. The molecular weight excluding hydrogens is 387 g/mol. The van der Waals surface area contributed by atoms with Crippen LogP contribution in [0.25, 0.3) is 11.4 Å². The molecule has 0 aliphatic carbocycles. The number of halogens is 3. The highest BCUT2D eigenvalue weighted by atomic mass is 19.4. The van der Waals surface area contributed by atoms with Gasteiger partial charge in [0.1, 0.15) is 0 Å². The van der Waals surface area contributed by atoms with E-state index in [2.05, 4.69) is 15.5 Å². The van der Waals surface area contributed by atoms with Gasteiger partial charge in [-0.3, -0.25) is 14.7 Å². The van der Waals surface area contributed by atoms with Crippen molar-refractivity contribution in [1.82, 2.24) is 14.8 Å². The van der Waals surface area contributed by atoms with Crippen molar-refractivity contribution >= 4 is 11.4 Å². The maximum Gasteiger partial charge on any atom is 0.452 e. The highest BCUT2D eigenvalue weighted by molar-refractivity contribution is 5.60. The lowest BCUT2D eigenvalue weighted by atomic mass is 10.2. The normalized spacial score (nSPS) is 12.1. The number of nitrogens with zero attached hydrogens (tertiary/aromatic N) is 4. The molecule has 1 heterocycles. The fourth-order valence-electron chi connectivity index (χ4n) is 2.57. The average Bonchev–Trinajstić information content (AvgIpc) is 3.09. The molecule has 0 aliphatic rings. The minimum atomic E-state index is -4.85. The van der Waals surface area contributed by atoms with Gasteiger partial charge < -0.3 is 5.32 Å². The van der Waals surface area contributed by atoms with E-state index in [1.165, 1.54) is 12.1 Å². The second kappa shape index (κ2) is 7.74. The van der Waals surface area contributed by atoms with Gasteiger partial charge in [-0.05, 0) is 38.1 Å². The minimum Gasteiger partial charge on any atom is -0.356 e. The molecule has 29 heavy (non-hydrogen) atoms. The van der Waals surface area contributed by atoms with Crippen LogP contribution in [0.2, 0.25) is 0 Å². The van der Waals surface area contributed by atoms with Crippen LogP contribution in [0, 0.1) is 24.0 Å². The molecule has 0 aliphatic heterocycles. The van der Waals surface area contributed by atoms with Crippen molar-refractivity contribution in [3.05, 3.63) is 87.6 Å². The van der Waals surface area contributed by atoms with Crippen LogP contribution in [0.5, 0.6) is 0 Å². The quantitative estimate of drug-likeness (QED) is 0.497. The van der Waals surface area contributed by atoms with E-state index in [0.717, 1.165) is 17.3 Å². The molecule has 3 rings (SSSR count). The fraction of sp³-hybridized carbons (Fsp3) is 0.158. The molecule has 0 spiro atoms. The first-order valence-electron chi connectivity index (χ1n) is 8.44. The smallest absolute Gasteiger partial charge is 0.356 e. The van der Waals surface area contributed by atoms with E-state index in [0.29, 0.717) is 10.3 Å². The van der Waals surface area contributed by atoms with Crippen molar-refractivity contribution in [2.75, 3.05) is 5.32 Å². The number of alkyl halides is 3. The third-order valence-electron chi connectivity index (χ3n) is 4.06. The first kappa shape index (κ1) is 20.1. The zero-order chi connectivity index (χ0) is 21.2. The van der Waals surface area contributed by atoms with E-state index in [1.807, 2.05) is 6.92 Å². The lowest BCUT2D eigenvalue weighted by molar-refractivity contribution is -0.376. The molecular formula is C19H16F3N5O2. The maximum absolute atomic E-state index is 13.5. The van der Waals surface area contributed by atoms with Gasteiger partial charge in [0.25, 0.3) is 0 Å². The van der Waals surface area contributed by atoms with Crippen LogP contribution in [0.1, 0.15) is 22.8 Å². The van der Waals surface area contributed by atoms with Gasteiger partial charge >= 0.3 is 11.9 Å². The zero-order valence-corrected chi connectivity index (χ0v) is 15.4. The highest BCUT2D eigenvalue weighted by Crippen LogP contribution is 2.32. The van der Waals surface area contributed by atoms with Gasteiger partial charge in [-0.15, -0.1) is 10.2 Å². The summed E-state index contributed by atoms with van der Waals surface area (Å²) in [6, 6.07) is 13.0. The Morgan fingerprint density at radius 3 is 2.10 bits per heavy atom. The van der Waals surface area contributed by atoms with Crippen molar-refractivity contribution in [2.24, 2.45) is 0 Å². The Morgan fingerprint density at radius 2 is 1.59 bits per heavy atom. The third-order valence-corrected chi connectivity index (χ3v) is 4.06. The van der Waals surface area contributed by atoms with Crippen molar-refractivity contribution in [2.45, 2.75) is 20.0 Å². The van der Waals surface area contributed by atoms with E-state index >= 15 is 0 Å². The molecule has 7 nitrogen and oxygen atoms in total. The summed E-state index contributed by atoms with van der Waals surface area (Å²) in [5.41, 5.74) is 1.75. The number of rotatable bonds is 5. The summed E-state index contributed by atoms with van der Waals surface area (Å²) in [5.74, 6) is -1.88. The number of nitrogens with one attached hydrogen (secondary N) is 1. The van der Waals surface area contributed by atoms with Gasteiger partial charge in [-0.2, -0.15) is 13.2 Å². The summed E-state index contributed by atoms with van der Waals surface area (Å²) in [6.07, 6.45) is -3.85.